The molecular formula is C13H12N4O2. The van der Waals surface area contributed by atoms with Crippen molar-refractivity contribution >= 4 is 16.9 Å². The second-order valence-electron chi connectivity index (χ2n) is 4.32. The van der Waals surface area contributed by atoms with Gasteiger partial charge in [0.05, 0.1) is 12.1 Å². The molecule has 0 spiro atoms. The van der Waals surface area contributed by atoms with Gasteiger partial charge >= 0.3 is 5.97 Å². The first-order valence-corrected chi connectivity index (χ1v) is 5.80. The lowest BCUT2D eigenvalue weighted by Crippen LogP contribution is -2.06. The third-order valence-electron chi connectivity index (χ3n) is 3.13. The standard InChI is InChI=1S/C13H12N4O2/c1-16-12(14-8-15-16)7-17-5-4-9-6-10(13(18)19)2-3-11(9)17/h2-6,8H,7H2,1H3,(H,18,19). The minimum atomic E-state index is -0.914. The zero-order chi connectivity index (χ0) is 13.4. The second-order valence-corrected chi connectivity index (χ2v) is 4.32. The highest BCUT2D eigenvalue weighted by molar-refractivity contribution is 5.93. The van der Waals surface area contributed by atoms with E-state index in [0.29, 0.717) is 12.1 Å². The smallest absolute Gasteiger partial charge is 0.335 e. The summed E-state index contributed by atoms with van der Waals surface area (Å²) in [6.45, 7) is 0.604. The molecule has 1 N–H and O–H groups in total. The molecule has 3 aromatic rings. The molecular weight excluding hydrogens is 244 g/mol. The predicted molar refractivity (Wildman–Crippen MR) is 69.0 cm³/mol. The number of carbonyl (C=O) groups is 1. The summed E-state index contributed by atoms with van der Waals surface area (Å²) in [4.78, 5) is 15.1. The minimum absolute atomic E-state index is 0.295. The molecule has 0 bridgehead atoms. The first-order chi connectivity index (χ1) is 9.15. The van der Waals surface area contributed by atoms with Crippen molar-refractivity contribution in [3.05, 3.63) is 48.2 Å². The summed E-state index contributed by atoms with van der Waals surface area (Å²) in [6.07, 6.45) is 3.44. The van der Waals surface area contributed by atoms with Crippen molar-refractivity contribution in [2.24, 2.45) is 7.05 Å². The zero-order valence-corrected chi connectivity index (χ0v) is 10.3. The van der Waals surface area contributed by atoms with Gasteiger partial charge in [-0.25, -0.2) is 9.78 Å². The van der Waals surface area contributed by atoms with Gasteiger partial charge in [0.25, 0.3) is 0 Å². The summed E-state index contributed by atoms with van der Waals surface area (Å²) in [5.74, 6) is -0.0669. The van der Waals surface area contributed by atoms with E-state index in [2.05, 4.69) is 10.1 Å². The van der Waals surface area contributed by atoms with Crippen molar-refractivity contribution in [1.82, 2.24) is 19.3 Å². The van der Waals surface area contributed by atoms with Gasteiger partial charge in [0.2, 0.25) is 0 Å². The highest BCUT2D eigenvalue weighted by Crippen LogP contribution is 2.18. The molecule has 3 rings (SSSR count). The lowest BCUT2D eigenvalue weighted by molar-refractivity contribution is 0.0697. The fourth-order valence-corrected chi connectivity index (χ4v) is 2.09. The van der Waals surface area contributed by atoms with E-state index >= 15 is 0 Å². The Labute approximate surface area is 108 Å². The number of benzene rings is 1. The summed E-state index contributed by atoms with van der Waals surface area (Å²) in [5.41, 5.74) is 1.27. The first-order valence-electron chi connectivity index (χ1n) is 5.80. The molecule has 1 aromatic carbocycles. The van der Waals surface area contributed by atoms with Crippen LogP contribution in [0.25, 0.3) is 10.9 Å². The molecule has 0 aliphatic rings. The van der Waals surface area contributed by atoms with Gasteiger partial charge in [-0.15, -0.1) is 0 Å². The molecule has 0 fully saturated rings. The molecule has 0 aliphatic heterocycles. The SMILES string of the molecule is Cn1ncnc1Cn1ccc2cc(C(=O)O)ccc21. The van der Waals surface area contributed by atoms with Gasteiger partial charge in [0.1, 0.15) is 12.2 Å². The van der Waals surface area contributed by atoms with Gasteiger partial charge in [0, 0.05) is 24.1 Å². The maximum absolute atomic E-state index is 10.9. The fourth-order valence-electron chi connectivity index (χ4n) is 2.09. The molecule has 0 atom stereocenters. The second kappa shape index (κ2) is 4.24. The van der Waals surface area contributed by atoms with Crippen LogP contribution in [0.5, 0.6) is 0 Å². The van der Waals surface area contributed by atoms with E-state index in [9.17, 15) is 4.79 Å². The average Bonchev–Trinajstić information content (AvgIpc) is 2.97. The van der Waals surface area contributed by atoms with E-state index in [-0.39, 0.29) is 0 Å². The van der Waals surface area contributed by atoms with Gasteiger partial charge < -0.3 is 9.67 Å². The molecule has 2 heterocycles. The number of carboxylic acids is 1. The molecule has 0 amide bonds. The van der Waals surface area contributed by atoms with Crippen LogP contribution < -0.4 is 0 Å². The maximum Gasteiger partial charge on any atom is 0.335 e. The number of carboxylic acid groups (broad SMARTS) is 1. The van der Waals surface area contributed by atoms with E-state index in [4.69, 9.17) is 5.11 Å². The van der Waals surface area contributed by atoms with Gasteiger partial charge in [-0.3, -0.25) is 4.68 Å². The third-order valence-corrected chi connectivity index (χ3v) is 3.13. The number of rotatable bonds is 3. The van der Waals surface area contributed by atoms with E-state index in [0.717, 1.165) is 16.7 Å². The molecule has 2 aromatic heterocycles. The van der Waals surface area contributed by atoms with Gasteiger partial charge in [-0.05, 0) is 24.3 Å². The van der Waals surface area contributed by atoms with Crippen LogP contribution in [0.2, 0.25) is 0 Å². The quantitative estimate of drug-likeness (QED) is 0.771. The van der Waals surface area contributed by atoms with Gasteiger partial charge in [-0.1, -0.05) is 0 Å². The Balaban J connectivity index is 2.02. The van der Waals surface area contributed by atoms with Crippen LogP contribution >= 0.6 is 0 Å². The molecule has 6 nitrogen and oxygen atoms in total. The number of aromatic nitrogens is 4. The Hall–Kier alpha value is -2.63. The van der Waals surface area contributed by atoms with Crippen LogP contribution in [-0.2, 0) is 13.6 Å². The average molecular weight is 256 g/mol. The first kappa shape index (κ1) is 11.5. The van der Waals surface area contributed by atoms with Gasteiger partial charge in [0.15, 0.2) is 0 Å². The summed E-state index contributed by atoms with van der Waals surface area (Å²) >= 11 is 0. The molecule has 0 radical (unpaired) electrons. The van der Waals surface area contributed by atoms with Crippen molar-refractivity contribution in [3.63, 3.8) is 0 Å². The molecule has 96 valence electrons. The summed E-state index contributed by atoms with van der Waals surface area (Å²) in [6, 6.07) is 7.00. The van der Waals surface area contributed by atoms with Crippen LogP contribution in [0.15, 0.2) is 36.8 Å². The van der Waals surface area contributed by atoms with Crippen molar-refractivity contribution in [1.29, 1.82) is 0 Å². The predicted octanol–water partition coefficient (Wildman–Crippen LogP) is 1.52. The lowest BCUT2D eigenvalue weighted by Gasteiger charge is -2.05. The third kappa shape index (κ3) is 1.97. The number of aryl methyl sites for hydroxylation is 1. The van der Waals surface area contributed by atoms with Crippen LogP contribution in [0.1, 0.15) is 16.2 Å². The highest BCUT2D eigenvalue weighted by atomic mass is 16.4. The summed E-state index contributed by atoms with van der Waals surface area (Å²) in [5, 5.41) is 13.9. The number of hydrogen-bond donors (Lipinski definition) is 1. The van der Waals surface area contributed by atoms with Crippen LogP contribution in [0.4, 0.5) is 0 Å². The van der Waals surface area contributed by atoms with Crippen molar-refractivity contribution in [3.8, 4) is 0 Å². The Kier molecular flexibility index (Phi) is 2.56. The van der Waals surface area contributed by atoms with E-state index in [1.807, 2.05) is 29.9 Å². The highest BCUT2D eigenvalue weighted by Gasteiger charge is 2.08. The van der Waals surface area contributed by atoms with Gasteiger partial charge in [-0.2, -0.15) is 5.10 Å². The van der Waals surface area contributed by atoms with Crippen molar-refractivity contribution in [2.45, 2.75) is 6.54 Å². The number of hydrogen-bond acceptors (Lipinski definition) is 3. The molecule has 0 unspecified atom stereocenters. The molecule has 19 heavy (non-hydrogen) atoms. The molecule has 0 saturated carbocycles. The molecule has 0 aliphatic carbocycles. The largest absolute Gasteiger partial charge is 0.478 e. The van der Waals surface area contributed by atoms with Crippen LogP contribution in [0, 0.1) is 0 Å². The van der Waals surface area contributed by atoms with Crippen LogP contribution in [0.3, 0.4) is 0 Å². The zero-order valence-electron chi connectivity index (χ0n) is 10.3. The maximum atomic E-state index is 10.9. The van der Waals surface area contributed by atoms with E-state index in [1.54, 1.807) is 16.8 Å². The minimum Gasteiger partial charge on any atom is -0.478 e. The normalized spacial score (nSPS) is 11.0. The molecule has 0 saturated heterocycles. The summed E-state index contributed by atoms with van der Waals surface area (Å²) < 4.78 is 3.74. The van der Waals surface area contributed by atoms with E-state index in [1.165, 1.54) is 6.33 Å². The Morgan fingerprint density at radius 3 is 2.89 bits per heavy atom. The summed E-state index contributed by atoms with van der Waals surface area (Å²) in [7, 11) is 1.84. The number of fused-ring (bicyclic) bond motifs is 1. The molecule has 6 heteroatoms. The Morgan fingerprint density at radius 1 is 1.37 bits per heavy atom. The Morgan fingerprint density at radius 2 is 2.21 bits per heavy atom. The monoisotopic (exact) mass is 256 g/mol. The fraction of sp³-hybridized carbons (Fsp3) is 0.154. The number of aromatic carboxylic acids is 1. The Bertz CT molecular complexity index is 757. The van der Waals surface area contributed by atoms with Crippen LogP contribution in [-0.4, -0.2) is 30.4 Å². The van der Waals surface area contributed by atoms with E-state index < -0.39 is 5.97 Å². The van der Waals surface area contributed by atoms with Crippen molar-refractivity contribution in [2.75, 3.05) is 0 Å². The van der Waals surface area contributed by atoms with Crippen molar-refractivity contribution < 1.29 is 9.90 Å². The lowest BCUT2D eigenvalue weighted by atomic mass is 10.1. The number of nitrogens with zero attached hydrogens (tertiary/aromatic N) is 4. The topological polar surface area (TPSA) is 72.9 Å².